The zero-order valence-corrected chi connectivity index (χ0v) is 26.7. The Morgan fingerprint density at radius 1 is 0.778 bits per heavy atom. The molecule has 0 heterocycles. The third-order valence-corrected chi connectivity index (χ3v) is 10.3. The van der Waals surface area contributed by atoms with Crippen LogP contribution in [0.25, 0.3) is 0 Å². The second-order valence-corrected chi connectivity index (χ2v) is 13.6. The van der Waals surface area contributed by atoms with Gasteiger partial charge in [0.1, 0.15) is 12.6 Å². The summed E-state index contributed by atoms with van der Waals surface area (Å²) in [6.07, 6.45) is 4.23. The van der Waals surface area contributed by atoms with Gasteiger partial charge in [-0.25, -0.2) is 8.42 Å². The number of nitrogens with one attached hydrogen (secondary N) is 1. The van der Waals surface area contributed by atoms with E-state index in [1.165, 1.54) is 16.4 Å². The van der Waals surface area contributed by atoms with E-state index in [0.29, 0.717) is 12.1 Å². The second kappa shape index (κ2) is 14.6. The molecule has 1 N–H and O–H groups in total. The summed E-state index contributed by atoms with van der Waals surface area (Å²) in [4.78, 5) is 30.4. The quantitative estimate of drug-likeness (QED) is 0.204. The molecule has 0 radical (unpaired) electrons. The van der Waals surface area contributed by atoms with E-state index in [4.69, 9.17) is 0 Å². The minimum Gasteiger partial charge on any atom is -0.352 e. The number of benzene rings is 4. The third kappa shape index (κ3) is 7.81. The molecule has 1 atom stereocenters. The Labute approximate surface area is 266 Å². The fourth-order valence-electron chi connectivity index (χ4n) is 5.97. The fraction of sp³-hybridized carbons (Fsp3) is 0.297. The van der Waals surface area contributed by atoms with Gasteiger partial charge in [0.05, 0.1) is 10.6 Å². The first-order chi connectivity index (χ1) is 21.7. The van der Waals surface area contributed by atoms with Crippen LogP contribution in [0.5, 0.6) is 0 Å². The first-order valence-corrected chi connectivity index (χ1v) is 17.0. The summed E-state index contributed by atoms with van der Waals surface area (Å²) in [6, 6.07) is 31.9. The van der Waals surface area contributed by atoms with Crippen molar-refractivity contribution in [2.45, 2.75) is 69.5 Å². The van der Waals surface area contributed by atoms with E-state index < -0.39 is 28.5 Å². The minimum absolute atomic E-state index is 0.0631. The Bertz CT molecular complexity index is 1700. The molecule has 1 aliphatic rings. The molecular formula is C37H41N3O4S. The van der Waals surface area contributed by atoms with Gasteiger partial charge in [0.15, 0.2) is 0 Å². The van der Waals surface area contributed by atoms with Gasteiger partial charge in [-0.2, -0.15) is 0 Å². The minimum atomic E-state index is -4.12. The molecule has 2 amide bonds. The number of hydrogen-bond acceptors (Lipinski definition) is 4. The molecule has 7 nitrogen and oxygen atoms in total. The molecule has 8 heteroatoms. The van der Waals surface area contributed by atoms with E-state index in [1.807, 2.05) is 80.6 Å². The Hall–Kier alpha value is -4.43. The highest BCUT2D eigenvalue weighted by atomic mass is 32.2. The molecule has 1 fully saturated rings. The van der Waals surface area contributed by atoms with Gasteiger partial charge in [-0.1, -0.05) is 104 Å². The maximum atomic E-state index is 14.6. The molecule has 5 rings (SSSR count). The van der Waals surface area contributed by atoms with E-state index in [0.717, 1.165) is 47.9 Å². The van der Waals surface area contributed by atoms with Crippen molar-refractivity contribution in [2.75, 3.05) is 10.8 Å². The Morgan fingerprint density at radius 3 is 2.00 bits per heavy atom. The number of anilines is 1. The molecule has 1 saturated carbocycles. The summed E-state index contributed by atoms with van der Waals surface area (Å²) >= 11 is 0. The second-order valence-electron chi connectivity index (χ2n) is 11.8. The van der Waals surface area contributed by atoms with Crippen LogP contribution in [0.2, 0.25) is 0 Å². The van der Waals surface area contributed by atoms with E-state index in [2.05, 4.69) is 5.32 Å². The van der Waals surface area contributed by atoms with Crippen molar-refractivity contribution in [1.29, 1.82) is 0 Å². The number of carbonyl (C=O) groups is 2. The lowest BCUT2D eigenvalue weighted by Crippen LogP contribution is -2.54. The molecule has 0 saturated heterocycles. The molecule has 1 aliphatic carbocycles. The molecular weight excluding hydrogens is 582 g/mol. The summed E-state index contributed by atoms with van der Waals surface area (Å²) in [5.41, 5.74) is 3.93. The first kappa shape index (κ1) is 32.0. The Balaban J connectivity index is 1.57. The summed E-state index contributed by atoms with van der Waals surface area (Å²) < 4.78 is 29.5. The van der Waals surface area contributed by atoms with Crippen molar-refractivity contribution in [3.05, 3.63) is 131 Å². The monoisotopic (exact) mass is 623 g/mol. The summed E-state index contributed by atoms with van der Waals surface area (Å²) in [5, 5.41) is 3.22. The van der Waals surface area contributed by atoms with Gasteiger partial charge >= 0.3 is 0 Å². The number of nitrogens with zero attached hydrogens (tertiary/aromatic N) is 2. The number of aryl methyl sites for hydroxylation is 2. The number of carbonyl (C=O) groups excluding carboxylic acids is 2. The molecule has 45 heavy (non-hydrogen) atoms. The summed E-state index contributed by atoms with van der Waals surface area (Å²) in [6.45, 7) is 3.50. The van der Waals surface area contributed by atoms with Gasteiger partial charge in [-0.05, 0) is 67.1 Å². The number of rotatable bonds is 12. The van der Waals surface area contributed by atoms with Crippen molar-refractivity contribution in [2.24, 2.45) is 0 Å². The molecule has 0 aromatic heterocycles. The lowest BCUT2D eigenvalue weighted by Gasteiger charge is -2.35. The van der Waals surface area contributed by atoms with Gasteiger partial charge in [-0.15, -0.1) is 0 Å². The number of amides is 2. The van der Waals surface area contributed by atoms with Crippen LogP contribution >= 0.6 is 0 Å². The van der Waals surface area contributed by atoms with Crippen LogP contribution in [0, 0.1) is 13.8 Å². The summed E-state index contributed by atoms with van der Waals surface area (Å²) in [7, 11) is -4.12. The van der Waals surface area contributed by atoms with Gasteiger partial charge in [0.25, 0.3) is 10.0 Å². The van der Waals surface area contributed by atoms with Gasteiger partial charge in [-0.3, -0.25) is 13.9 Å². The maximum Gasteiger partial charge on any atom is 0.264 e. The smallest absolute Gasteiger partial charge is 0.264 e. The summed E-state index contributed by atoms with van der Waals surface area (Å²) in [5.74, 6) is -0.676. The largest absolute Gasteiger partial charge is 0.352 e. The van der Waals surface area contributed by atoms with E-state index in [9.17, 15) is 18.0 Å². The standard InChI is InChI=1S/C37H41N3O4S/c1-28-15-9-11-19-31(28)26-39(35(25-30-17-5-3-6-18-30)37(42)38-32-20-12-13-21-32)36(41)27-40(34-24-14-10-16-29(34)2)45(43,44)33-22-7-4-8-23-33/h3-11,14-19,22-24,32,35H,12-13,20-21,25-27H2,1-2H3,(H,38,42)/t35-/m0/s1. The predicted molar refractivity (Wildman–Crippen MR) is 178 cm³/mol. The van der Waals surface area contributed by atoms with Gasteiger partial charge in [0, 0.05) is 19.0 Å². The molecule has 4 aromatic rings. The molecule has 0 bridgehead atoms. The van der Waals surface area contributed by atoms with Crippen molar-refractivity contribution < 1.29 is 18.0 Å². The zero-order chi connectivity index (χ0) is 31.8. The van der Waals surface area contributed by atoms with Crippen LogP contribution in [0.1, 0.15) is 47.9 Å². The van der Waals surface area contributed by atoms with Gasteiger partial charge < -0.3 is 10.2 Å². The topological polar surface area (TPSA) is 86.8 Å². The van der Waals surface area contributed by atoms with Crippen LogP contribution in [0.4, 0.5) is 5.69 Å². The maximum absolute atomic E-state index is 14.6. The van der Waals surface area contributed by atoms with Crippen LogP contribution in [0.3, 0.4) is 0 Å². The van der Waals surface area contributed by atoms with Gasteiger partial charge in [0.2, 0.25) is 11.8 Å². The average molecular weight is 624 g/mol. The fourth-order valence-corrected chi connectivity index (χ4v) is 7.47. The number of hydrogen-bond donors (Lipinski definition) is 1. The average Bonchev–Trinajstić information content (AvgIpc) is 3.56. The van der Waals surface area contributed by atoms with Crippen LogP contribution < -0.4 is 9.62 Å². The highest BCUT2D eigenvalue weighted by Gasteiger charge is 2.36. The van der Waals surface area contributed by atoms with E-state index in [1.54, 1.807) is 35.2 Å². The lowest BCUT2D eigenvalue weighted by molar-refractivity contribution is -0.140. The number of sulfonamides is 1. The predicted octanol–water partition coefficient (Wildman–Crippen LogP) is 6.20. The van der Waals surface area contributed by atoms with Crippen LogP contribution in [-0.4, -0.2) is 43.8 Å². The van der Waals surface area contributed by atoms with E-state index >= 15 is 0 Å². The highest BCUT2D eigenvalue weighted by Crippen LogP contribution is 2.28. The normalized spacial score (nSPS) is 14.1. The van der Waals surface area contributed by atoms with Crippen LogP contribution in [0.15, 0.2) is 114 Å². The molecule has 234 valence electrons. The van der Waals surface area contributed by atoms with Crippen LogP contribution in [-0.2, 0) is 32.6 Å². The third-order valence-electron chi connectivity index (χ3n) is 8.57. The number of para-hydroxylation sites is 1. The molecule has 0 aliphatic heterocycles. The van der Waals surface area contributed by atoms with E-state index in [-0.39, 0.29) is 23.4 Å². The Morgan fingerprint density at radius 2 is 1.36 bits per heavy atom. The molecule has 0 spiro atoms. The van der Waals surface area contributed by atoms with Crippen molar-refractivity contribution >= 4 is 27.5 Å². The zero-order valence-electron chi connectivity index (χ0n) is 25.9. The SMILES string of the molecule is Cc1ccccc1CN(C(=O)CN(c1ccccc1C)S(=O)(=O)c1ccccc1)[C@@H](Cc1ccccc1)C(=O)NC1CCCC1. The highest BCUT2D eigenvalue weighted by molar-refractivity contribution is 7.92. The lowest BCUT2D eigenvalue weighted by atomic mass is 10.0. The molecule has 0 unspecified atom stereocenters. The van der Waals surface area contributed by atoms with Crippen molar-refractivity contribution in [1.82, 2.24) is 10.2 Å². The van der Waals surface area contributed by atoms with Crippen molar-refractivity contribution in [3.63, 3.8) is 0 Å². The van der Waals surface area contributed by atoms with Crippen molar-refractivity contribution in [3.8, 4) is 0 Å². The Kier molecular flexibility index (Phi) is 10.4. The first-order valence-electron chi connectivity index (χ1n) is 15.6. The molecule has 4 aromatic carbocycles.